The van der Waals surface area contributed by atoms with E-state index in [0.29, 0.717) is 0 Å². The molecule has 1 saturated carbocycles. The van der Waals surface area contributed by atoms with E-state index in [-0.39, 0.29) is 18.1 Å². The van der Waals surface area contributed by atoms with Gasteiger partial charge < -0.3 is 9.64 Å². The normalized spacial score (nSPS) is 23.6. The van der Waals surface area contributed by atoms with E-state index in [4.69, 9.17) is 4.74 Å². The zero-order valence-corrected chi connectivity index (χ0v) is 14.5. The SMILES string of the molecule is O=C(c1cccs1)N1CC[C@@H](OCC2CC2)[C@@H]1Cc1cccnc1. The van der Waals surface area contributed by atoms with Crippen molar-refractivity contribution in [3.63, 3.8) is 0 Å². The van der Waals surface area contributed by atoms with Crippen LogP contribution in [0.25, 0.3) is 0 Å². The molecule has 2 fully saturated rings. The summed E-state index contributed by atoms with van der Waals surface area (Å²) in [6, 6.07) is 7.98. The van der Waals surface area contributed by atoms with Crippen LogP contribution in [0.5, 0.6) is 0 Å². The molecule has 0 bridgehead atoms. The minimum absolute atomic E-state index is 0.0996. The monoisotopic (exact) mass is 342 g/mol. The molecule has 1 aliphatic carbocycles. The molecule has 0 radical (unpaired) electrons. The Hall–Kier alpha value is -1.72. The Morgan fingerprint density at radius 1 is 1.29 bits per heavy atom. The lowest BCUT2D eigenvalue weighted by Crippen LogP contribution is -2.41. The lowest BCUT2D eigenvalue weighted by atomic mass is 10.0. The van der Waals surface area contributed by atoms with Gasteiger partial charge in [0.1, 0.15) is 0 Å². The highest BCUT2D eigenvalue weighted by molar-refractivity contribution is 7.12. The highest BCUT2D eigenvalue weighted by Gasteiger charge is 2.39. The number of amides is 1. The number of thiophene rings is 1. The van der Waals surface area contributed by atoms with Crippen LogP contribution in [-0.4, -0.2) is 41.1 Å². The van der Waals surface area contributed by atoms with Gasteiger partial charge in [-0.25, -0.2) is 0 Å². The molecule has 1 amide bonds. The van der Waals surface area contributed by atoms with Crippen molar-refractivity contribution in [2.75, 3.05) is 13.2 Å². The standard InChI is InChI=1S/C19H22N2O2S/c22-19(18-4-2-10-24-18)21-9-7-17(23-13-14-5-6-14)16(21)11-15-3-1-8-20-12-15/h1-4,8,10,12,14,16-17H,5-7,9,11,13H2/t16-,17+/m0/s1. The van der Waals surface area contributed by atoms with E-state index in [1.165, 1.54) is 24.2 Å². The third-order valence-electron chi connectivity index (χ3n) is 4.89. The number of carbonyl (C=O) groups excluding carboxylic acids is 1. The minimum Gasteiger partial charge on any atom is -0.376 e. The summed E-state index contributed by atoms with van der Waals surface area (Å²) in [5.41, 5.74) is 1.16. The van der Waals surface area contributed by atoms with Gasteiger partial charge in [0.15, 0.2) is 0 Å². The van der Waals surface area contributed by atoms with E-state index < -0.39 is 0 Å². The average Bonchev–Trinajstić information content (AvgIpc) is 3.12. The number of aromatic nitrogens is 1. The Bertz CT molecular complexity index is 670. The first-order valence-corrected chi connectivity index (χ1v) is 9.54. The smallest absolute Gasteiger partial charge is 0.264 e. The lowest BCUT2D eigenvalue weighted by molar-refractivity contribution is 0.0201. The van der Waals surface area contributed by atoms with Crippen molar-refractivity contribution < 1.29 is 9.53 Å². The van der Waals surface area contributed by atoms with Crippen LogP contribution >= 0.6 is 11.3 Å². The van der Waals surface area contributed by atoms with E-state index in [9.17, 15) is 4.79 Å². The van der Waals surface area contributed by atoms with Gasteiger partial charge in [0.25, 0.3) is 5.91 Å². The van der Waals surface area contributed by atoms with E-state index in [1.807, 2.05) is 34.7 Å². The predicted octanol–water partition coefficient (Wildman–Crippen LogP) is 3.40. The summed E-state index contributed by atoms with van der Waals surface area (Å²) >= 11 is 1.51. The molecule has 2 aliphatic rings. The van der Waals surface area contributed by atoms with Gasteiger partial charge >= 0.3 is 0 Å². The maximum Gasteiger partial charge on any atom is 0.264 e. The van der Waals surface area contributed by atoms with Crippen LogP contribution < -0.4 is 0 Å². The van der Waals surface area contributed by atoms with Gasteiger partial charge in [-0.2, -0.15) is 0 Å². The zero-order valence-electron chi connectivity index (χ0n) is 13.6. The largest absolute Gasteiger partial charge is 0.376 e. The molecule has 126 valence electrons. The summed E-state index contributed by atoms with van der Waals surface area (Å²) in [5.74, 6) is 0.877. The van der Waals surface area contributed by atoms with E-state index in [2.05, 4.69) is 11.1 Å². The maximum atomic E-state index is 12.9. The Balaban J connectivity index is 1.51. The third-order valence-corrected chi connectivity index (χ3v) is 5.75. The molecule has 2 aromatic rings. The summed E-state index contributed by atoms with van der Waals surface area (Å²) in [6.45, 7) is 1.62. The van der Waals surface area contributed by atoms with Crippen molar-refractivity contribution in [3.05, 3.63) is 52.5 Å². The fourth-order valence-corrected chi connectivity index (χ4v) is 4.04. The summed E-state index contributed by atoms with van der Waals surface area (Å²) in [6.07, 6.45) is 8.12. The lowest BCUT2D eigenvalue weighted by Gasteiger charge is -2.28. The van der Waals surface area contributed by atoms with Gasteiger partial charge in [-0.05, 0) is 54.7 Å². The van der Waals surface area contributed by atoms with Crippen molar-refractivity contribution in [1.29, 1.82) is 0 Å². The van der Waals surface area contributed by atoms with Gasteiger partial charge in [-0.3, -0.25) is 9.78 Å². The molecule has 4 nitrogen and oxygen atoms in total. The third kappa shape index (κ3) is 3.52. The summed E-state index contributed by atoms with van der Waals surface area (Å²) in [4.78, 5) is 19.9. The number of hydrogen-bond donors (Lipinski definition) is 0. The van der Waals surface area contributed by atoms with Crippen LogP contribution in [0, 0.1) is 5.92 Å². The molecule has 0 N–H and O–H groups in total. The zero-order chi connectivity index (χ0) is 16.4. The van der Waals surface area contributed by atoms with Crippen LogP contribution in [-0.2, 0) is 11.2 Å². The van der Waals surface area contributed by atoms with Crippen molar-refractivity contribution in [3.8, 4) is 0 Å². The number of carbonyl (C=O) groups is 1. The summed E-state index contributed by atoms with van der Waals surface area (Å²) < 4.78 is 6.20. The second-order valence-electron chi connectivity index (χ2n) is 6.71. The fraction of sp³-hybridized carbons (Fsp3) is 0.474. The number of hydrogen-bond acceptors (Lipinski definition) is 4. The van der Waals surface area contributed by atoms with Crippen molar-refractivity contribution in [2.45, 2.75) is 37.8 Å². The van der Waals surface area contributed by atoms with Crippen LogP contribution in [0.15, 0.2) is 42.0 Å². The quantitative estimate of drug-likeness (QED) is 0.808. The van der Waals surface area contributed by atoms with Gasteiger partial charge in [0.05, 0.1) is 17.0 Å². The molecule has 4 rings (SSSR count). The van der Waals surface area contributed by atoms with Crippen LogP contribution in [0.2, 0.25) is 0 Å². The Kier molecular flexibility index (Phi) is 4.63. The number of pyridine rings is 1. The second-order valence-corrected chi connectivity index (χ2v) is 7.66. The topological polar surface area (TPSA) is 42.4 Å². The Morgan fingerprint density at radius 2 is 2.21 bits per heavy atom. The fourth-order valence-electron chi connectivity index (χ4n) is 3.36. The first-order chi connectivity index (χ1) is 11.8. The van der Waals surface area contributed by atoms with Gasteiger partial charge in [-0.1, -0.05) is 12.1 Å². The highest BCUT2D eigenvalue weighted by Crippen LogP contribution is 2.32. The highest BCUT2D eigenvalue weighted by atomic mass is 32.1. The van der Waals surface area contributed by atoms with Crippen molar-refractivity contribution in [2.24, 2.45) is 5.92 Å². The Morgan fingerprint density at radius 3 is 2.92 bits per heavy atom. The molecular weight excluding hydrogens is 320 g/mol. The van der Waals surface area contributed by atoms with Crippen LogP contribution in [0.1, 0.15) is 34.5 Å². The van der Waals surface area contributed by atoms with Gasteiger partial charge in [0.2, 0.25) is 0 Å². The molecule has 2 atom stereocenters. The average molecular weight is 342 g/mol. The number of ether oxygens (including phenoxy) is 1. The van der Waals surface area contributed by atoms with Crippen LogP contribution in [0.3, 0.4) is 0 Å². The molecular formula is C19H22N2O2S. The number of likely N-dealkylation sites (tertiary alicyclic amines) is 1. The van der Waals surface area contributed by atoms with Crippen LogP contribution in [0.4, 0.5) is 0 Å². The second kappa shape index (κ2) is 7.03. The van der Waals surface area contributed by atoms with Crippen molar-refractivity contribution in [1.82, 2.24) is 9.88 Å². The molecule has 0 aromatic carbocycles. The molecule has 5 heteroatoms. The van der Waals surface area contributed by atoms with E-state index >= 15 is 0 Å². The maximum absolute atomic E-state index is 12.9. The number of nitrogens with zero attached hydrogens (tertiary/aromatic N) is 2. The number of rotatable bonds is 6. The van der Waals surface area contributed by atoms with Gasteiger partial charge in [0, 0.05) is 25.5 Å². The summed E-state index contributed by atoms with van der Waals surface area (Å²) in [5, 5.41) is 1.96. The van der Waals surface area contributed by atoms with Crippen molar-refractivity contribution >= 4 is 17.2 Å². The van der Waals surface area contributed by atoms with Gasteiger partial charge in [-0.15, -0.1) is 11.3 Å². The predicted molar refractivity (Wildman–Crippen MR) is 94.2 cm³/mol. The Labute approximate surface area is 146 Å². The molecule has 24 heavy (non-hydrogen) atoms. The van der Waals surface area contributed by atoms with E-state index in [0.717, 1.165) is 42.4 Å². The molecule has 1 saturated heterocycles. The molecule has 0 unspecified atom stereocenters. The first kappa shape index (κ1) is 15.8. The molecule has 1 aliphatic heterocycles. The molecule has 3 heterocycles. The molecule has 0 spiro atoms. The summed E-state index contributed by atoms with van der Waals surface area (Å²) in [7, 11) is 0. The minimum atomic E-state index is 0.0996. The molecule has 2 aromatic heterocycles. The first-order valence-electron chi connectivity index (χ1n) is 8.66. The van der Waals surface area contributed by atoms with E-state index in [1.54, 1.807) is 6.20 Å².